The minimum Gasteiger partial charge on any atom is -0.389 e. The number of aromatic nitrogens is 5. The molecule has 0 spiro atoms. The predicted octanol–water partition coefficient (Wildman–Crippen LogP) is 3.10. The van der Waals surface area contributed by atoms with Gasteiger partial charge in [-0.15, -0.1) is 0 Å². The molecule has 0 atom stereocenters. The van der Waals surface area contributed by atoms with Crippen LogP contribution in [0.3, 0.4) is 0 Å². The van der Waals surface area contributed by atoms with E-state index in [9.17, 15) is 9.50 Å². The standard InChI is InChI=1S/C20H21FN6O/c1-4-15-26-17-18(27(15)10-20(2,3)28)16-13(25-19(17)22)7-12(9-24-16)11-5-6-14(21)23-8-11/h5-9,28H,4,10H2,1-3H3,(H2,22,25). The smallest absolute Gasteiger partial charge is 0.212 e. The molecule has 0 unspecified atom stereocenters. The van der Waals surface area contributed by atoms with E-state index >= 15 is 0 Å². The minimum atomic E-state index is -0.929. The fourth-order valence-corrected chi connectivity index (χ4v) is 3.35. The van der Waals surface area contributed by atoms with E-state index in [1.54, 1.807) is 26.1 Å². The molecule has 0 bridgehead atoms. The summed E-state index contributed by atoms with van der Waals surface area (Å²) in [6.45, 7) is 5.85. The van der Waals surface area contributed by atoms with E-state index < -0.39 is 11.5 Å². The highest BCUT2D eigenvalue weighted by atomic mass is 19.1. The maximum absolute atomic E-state index is 13.1. The molecule has 0 aliphatic heterocycles. The van der Waals surface area contributed by atoms with Gasteiger partial charge in [-0.05, 0) is 32.0 Å². The molecule has 4 aromatic heterocycles. The third-order valence-corrected chi connectivity index (χ3v) is 4.54. The van der Waals surface area contributed by atoms with Gasteiger partial charge in [0.25, 0.3) is 0 Å². The zero-order chi connectivity index (χ0) is 20.1. The van der Waals surface area contributed by atoms with E-state index in [1.807, 2.05) is 17.6 Å². The van der Waals surface area contributed by atoms with Gasteiger partial charge in [-0.1, -0.05) is 6.92 Å². The molecule has 3 N–H and O–H groups in total. The minimum absolute atomic E-state index is 0.308. The van der Waals surface area contributed by atoms with Crippen molar-refractivity contribution in [3.05, 3.63) is 42.4 Å². The van der Waals surface area contributed by atoms with Crippen molar-refractivity contribution in [1.82, 2.24) is 24.5 Å². The number of hydrogen-bond donors (Lipinski definition) is 2. The molecule has 4 heterocycles. The van der Waals surface area contributed by atoms with Crippen LogP contribution in [0.4, 0.5) is 10.2 Å². The maximum Gasteiger partial charge on any atom is 0.212 e. The molecule has 0 amide bonds. The van der Waals surface area contributed by atoms with Gasteiger partial charge in [0.2, 0.25) is 5.95 Å². The SMILES string of the molecule is CCc1nc2c(N)nc3cc(-c4ccc(F)nc4)cnc3c2n1CC(C)(C)O. The third kappa shape index (κ3) is 3.16. The van der Waals surface area contributed by atoms with Crippen LogP contribution in [0.2, 0.25) is 0 Å². The summed E-state index contributed by atoms with van der Waals surface area (Å²) in [5.41, 5.74) is 9.35. The topological polar surface area (TPSA) is 103 Å². The van der Waals surface area contributed by atoms with E-state index in [1.165, 1.54) is 12.3 Å². The highest BCUT2D eigenvalue weighted by molar-refractivity contribution is 6.05. The first-order valence-electron chi connectivity index (χ1n) is 9.05. The van der Waals surface area contributed by atoms with Gasteiger partial charge >= 0.3 is 0 Å². The van der Waals surface area contributed by atoms with Gasteiger partial charge in [0.15, 0.2) is 5.82 Å². The first kappa shape index (κ1) is 18.2. The van der Waals surface area contributed by atoms with Crippen molar-refractivity contribution in [3.8, 4) is 11.1 Å². The Bertz CT molecular complexity index is 1180. The van der Waals surface area contributed by atoms with Crippen LogP contribution in [0.25, 0.3) is 33.2 Å². The second kappa shape index (κ2) is 6.49. The van der Waals surface area contributed by atoms with Crippen LogP contribution in [0.15, 0.2) is 30.6 Å². The fraction of sp³-hybridized carbons (Fsp3) is 0.300. The van der Waals surface area contributed by atoms with Crippen molar-refractivity contribution in [2.45, 2.75) is 39.3 Å². The molecule has 0 fully saturated rings. The molecule has 7 nitrogen and oxygen atoms in total. The average Bonchev–Trinajstić information content (AvgIpc) is 2.99. The summed E-state index contributed by atoms with van der Waals surface area (Å²) in [7, 11) is 0. The molecule has 0 aliphatic carbocycles. The summed E-state index contributed by atoms with van der Waals surface area (Å²) in [5, 5.41) is 10.4. The van der Waals surface area contributed by atoms with Gasteiger partial charge in [0, 0.05) is 29.9 Å². The van der Waals surface area contributed by atoms with Crippen LogP contribution in [-0.2, 0) is 13.0 Å². The van der Waals surface area contributed by atoms with Crippen molar-refractivity contribution in [3.63, 3.8) is 0 Å². The summed E-state index contributed by atoms with van der Waals surface area (Å²) in [4.78, 5) is 17.4. The first-order chi connectivity index (χ1) is 13.3. The van der Waals surface area contributed by atoms with Crippen molar-refractivity contribution >= 4 is 27.9 Å². The van der Waals surface area contributed by atoms with Crippen LogP contribution < -0.4 is 5.73 Å². The van der Waals surface area contributed by atoms with E-state index in [-0.39, 0.29) is 0 Å². The first-order valence-corrected chi connectivity index (χ1v) is 9.05. The van der Waals surface area contributed by atoms with Crippen molar-refractivity contribution < 1.29 is 9.50 Å². The van der Waals surface area contributed by atoms with Crippen LogP contribution in [0, 0.1) is 5.95 Å². The molecule has 4 aromatic rings. The second-order valence-electron chi connectivity index (χ2n) is 7.44. The number of aliphatic hydroxyl groups is 1. The number of fused-ring (bicyclic) bond motifs is 3. The average molecular weight is 380 g/mol. The van der Waals surface area contributed by atoms with E-state index in [2.05, 4.69) is 19.9 Å². The Morgan fingerprint density at radius 3 is 2.50 bits per heavy atom. The summed E-state index contributed by atoms with van der Waals surface area (Å²) in [6.07, 6.45) is 3.83. The van der Waals surface area contributed by atoms with E-state index in [0.717, 1.165) is 22.5 Å². The molecule has 0 saturated heterocycles. The largest absolute Gasteiger partial charge is 0.389 e. The zero-order valence-corrected chi connectivity index (χ0v) is 15.9. The lowest BCUT2D eigenvalue weighted by Crippen LogP contribution is -2.27. The Labute approximate surface area is 161 Å². The molecule has 4 rings (SSSR count). The lowest BCUT2D eigenvalue weighted by Gasteiger charge is -2.20. The van der Waals surface area contributed by atoms with Crippen molar-refractivity contribution in [2.24, 2.45) is 0 Å². The lowest BCUT2D eigenvalue weighted by molar-refractivity contribution is 0.0619. The normalized spacial score (nSPS) is 12.2. The predicted molar refractivity (Wildman–Crippen MR) is 106 cm³/mol. The Hall–Kier alpha value is -3.13. The number of nitrogen functional groups attached to an aromatic ring is 1. The molecular weight excluding hydrogens is 359 g/mol. The Morgan fingerprint density at radius 2 is 1.86 bits per heavy atom. The highest BCUT2D eigenvalue weighted by Gasteiger charge is 2.22. The summed E-state index contributed by atoms with van der Waals surface area (Å²) < 4.78 is 15.1. The molecule has 28 heavy (non-hydrogen) atoms. The number of pyridine rings is 3. The number of imidazole rings is 1. The number of nitrogens with two attached hydrogens (primary N) is 1. The summed E-state index contributed by atoms with van der Waals surface area (Å²) in [6, 6.07) is 4.79. The number of halogens is 1. The van der Waals surface area contributed by atoms with Gasteiger partial charge < -0.3 is 15.4 Å². The van der Waals surface area contributed by atoms with Crippen molar-refractivity contribution in [2.75, 3.05) is 5.73 Å². The van der Waals surface area contributed by atoms with Gasteiger partial charge in [-0.2, -0.15) is 4.39 Å². The van der Waals surface area contributed by atoms with Crippen LogP contribution >= 0.6 is 0 Å². The van der Waals surface area contributed by atoms with Crippen molar-refractivity contribution in [1.29, 1.82) is 0 Å². The van der Waals surface area contributed by atoms with Crippen LogP contribution in [0.5, 0.6) is 0 Å². The van der Waals surface area contributed by atoms with Gasteiger partial charge in [-0.25, -0.2) is 15.0 Å². The second-order valence-corrected chi connectivity index (χ2v) is 7.44. The third-order valence-electron chi connectivity index (χ3n) is 4.54. The molecule has 8 heteroatoms. The fourth-order valence-electron chi connectivity index (χ4n) is 3.35. The maximum atomic E-state index is 13.1. The number of aryl methyl sites for hydroxylation is 1. The number of anilines is 1. The number of rotatable bonds is 4. The molecule has 0 aliphatic rings. The molecular formula is C20H21FN6O. The molecule has 144 valence electrons. The van der Waals surface area contributed by atoms with E-state index in [4.69, 9.17) is 5.73 Å². The lowest BCUT2D eigenvalue weighted by atomic mass is 10.1. The molecule has 0 saturated carbocycles. The Morgan fingerprint density at radius 1 is 1.11 bits per heavy atom. The van der Waals surface area contributed by atoms with E-state index in [0.29, 0.717) is 35.3 Å². The Kier molecular flexibility index (Phi) is 4.23. The van der Waals surface area contributed by atoms with Crippen LogP contribution in [0.1, 0.15) is 26.6 Å². The monoisotopic (exact) mass is 380 g/mol. The zero-order valence-electron chi connectivity index (χ0n) is 15.9. The number of nitrogens with zero attached hydrogens (tertiary/aromatic N) is 5. The molecule has 0 radical (unpaired) electrons. The summed E-state index contributed by atoms with van der Waals surface area (Å²) in [5.74, 6) is 0.582. The van der Waals surface area contributed by atoms with Gasteiger partial charge in [0.1, 0.15) is 22.4 Å². The van der Waals surface area contributed by atoms with Gasteiger partial charge in [-0.3, -0.25) is 4.98 Å². The van der Waals surface area contributed by atoms with Crippen LogP contribution in [-0.4, -0.2) is 35.2 Å². The number of hydrogen-bond acceptors (Lipinski definition) is 6. The Balaban J connectivity index is 1.98. The molecule has 0 aromatic carbocycles. The van der Waals surface area contributed by atoms with Gasteiger partial charge in [0.05, 0.1) is 17.7 Å². The highest BCUT2D eigenvalue weighted by Crippen LogP contribution is 2.31. The quantitative estimate of drug-likeness (QED) is 0.528. The summed E-state index contributed by atoms with van der Waals surface area (Å²) >= 11 is 0.